The van der Waals surface area contributed by atoms with Crippen molar-refractivity contribution in [1.82, 2.24) is 0 Å². The molecule has 0 nitrogen and oxygen atoms in total. The number of hydrogen-bond acceptors (Lipinski definition) is 0. The Morgan fingerprint density at radius 3 is 1.00 bits per heavy atom. The van der Waals surface area contributed by atoms with Crippen LogP contribution in [0.1, 0.15) is 0 Å². The maximum absolute atomic E-state index is 0. The second kappa shape index (κ2) is 44.3. The van der Waals surface area contributed by atoms with E-state index in [4.69, 9.17) is 0 Å². The van der Waals surface area contributed by atoms with Gasteiger partial charge in [0.25, 0.3) is 0 Å². The molecule has 0 rings (SSSR count). The molecule has 0 heterocycles. The minimum atomic E-state index is 0. The van der Waals surface area contributed by atoms with Crippen molar-refractivity contribution in [1.29, 1.82) is 0 Å². The molecule has 0 fully saturated rings. The van der Waals surface area contributed by atoms with Crippen LogP contribution in [0.25, 0.3) is 0 Å². The molecule has 0 aromatic rings. The van der Waals surface area contributed by atoms with E-state index in [0.29, 0.717) is 0 Å². The Morgan fingerprint density at radius 2 is 1.00 bits per heavy atom. The Balaban J connectivity index is 0. The molecule has 5 heavy (non-hydrogen) atoms. The zero-order chi connectivity index (χ0) is 0. The molecule has 0 unspecified atom stereocenters. The largest absolute Gasteiger partial charge is 0 e. The molecule has 0 amide bonds. The maximum Gasteiger partial charge on any atom is 0 e. The average molecular weight is 182 g/mol. The van der Waals surface area contributed by atoms with Gasteiger partial charge in [0.1, 0.15) is 0 Å². The summed E-state index contributed by atoms with van der Waals surface area (Å²) in [6.07, 6.45) is 0. The van der Waals surface area contributed by atoms with Gasteiger partial charge < -0.3 is 0 Å². The fraction of sp³-hybridized carbons (Fsp3) is 0. The molecule has 11 radical (unpaired) electrons. The summed E-state index contributed by atoms with van der Waals surface area (Å²) in [5.74, 6) is 0. The van der Waals surface area contributed by atoms with Gasteiger partial charge in [-0.25, -0.2) is 0 Å². The van der Waals surface area contributed by atoms with Gasteiger partial charge in [0.2, 0.25) is 0 Å². The van der Waals surface area contributed by atoms with Gasteiger partial charge in [0.15, 0.2) is 0 Å². The van der Waals surface area contributed by atoms with Gasteiger partial charge >= 0.3 is 0 Å². The third kappa shape index (κ3) is 27.3. The van der Waals surface area contributed by atoms with E-state index in [1.165, 1.54) is 0 Å². The van der Waals surface area contributed by atoms with E-state index in [-0.39, 0.29) is 62.1 Å². The van der Waals surface area contributed by atoms with Gasteiger partial charge in [-0.05, 0) is 0 Å². The fourth-order valence-corrected chi connectivity index (χ4v) is 0. The molecule has 0 bridgehead atoms. The van der Waals surface area contributed by atoms with Crippen molar-refractivity contribution in [2.45, 2.75) is 0 Å². The predicted molar refractivity (Wildman–Crippen MR) is 15.9 cm³/mol. The first-order valence-corrected chi connectivity index (χ1v) is 0. The molecular weight excluding hydrogens is 182 g/mol. The van der Waals surface area contributed by atoms with E-state index in [9.17, 15) is 0 Å². The molecule has 29 valence electrons. The van der Waals surface area contributed by atoms with Gasteiger partial charge in [0.05, 0.1) is 0 Å². The van der Waals surface area contributed by atoms with Crippen LogP contribution in [-0.4, -0.2) is 11.0 Å². The smallest absolute Gasteiger partial charge is 0 e. The van der Waals surface area contributed by atoms with Crippen molar-refractivity contribution in [3.05, 3.63) is 7.43 Å². The minimum absolute atomic E-state index is 0. The molecular formula is CCrNiPSi. The zero-order valence-electron chi connectivity index (χ0n) is 2.17. The fourth-order valence-electron chi connectivity index (χ4n) is 0. The van der Waals surface area contributed by atoms with Gasteiger partial charge in [0, 0.05) is 62.1 Å². The SMILES string of the molecule is [C].[Cr].[Ni].[P].[Si]. The molecule has 0 aromatic heterocycles. The van der Waals surface area contributed by atoms with E-state index in [1.807, 2.05) is 0 Å². The van der Waals surface area contributed by atoms with Crippen LogP contribution in [-0.2, 0) is 33.9 Å². The summed E-state index contributed by atoms with van der Waals surface area (Å²) in [7, 11) is 0. The van der Waals surface area contributed by atoms with Crippen LogP contribution in [0.15, 0.2) is 0 Å². The summed E-state index contributed by atoms with van der Waals surface area (Å²) in [4.78, 5) is 0. The van der Waals surface area contributed by atoms with E-state index < -0.39 is 0 Å². The first-order valence-electron chi connectivity index (χ1n) is 0. The van der Waals surface area contributed by atoms with Crippen molar-refractivity contribution in [3.8, 4) is 0 Å². The van der Waals surface area contributed by atoms with Crippen LogP contribution < -0.4 is 0 Å². The quantitative estimate of drug-likeness (QED) is 0.379. The average Bonchev–Trinajstić information content (AvgIpc) is 0. The Bertz CT molecular complexity index is 11.6. The van der Waals surface area contributed by atoms with Crippen LogP contribution in [0.4, 0.5) is 0 Å². The van der Waals surface area contributed by atoms with E-state index in [2.05, 4.69) is 0 Å². The first-order chi connectivity index (χ1) is 0. The topological polar surface area (TPSA) is 0 Å². The standard InChI is InChI=1S/C.Cr.Ni.P.Si. The maximum atomic E-state index is 0. The second-order valence-corrected chi connectivity index (χ2v) is 0. The summed E-state index contributed by atoms with van der Waals surface area (Å²) in [5, 5.41) is 0. The molecule has 0 saturated carbocycles. The monoisotopic (exact) mass is 181 g/mol. The second-order valence-electron chi connectivity index (χ2n) is 0. The molecule has 0 saturated heterocycles. The summed E-state index contributed by atoms with van der Waals surface area (Å²) in [6, 6.07) is 0. The van der Waals surface area contributed by atoms with Gasteiger partial charge in [-0.2, -0.15) is 0 Å². The molecule has 0 aromatic carbocycles. The third-order valence-corrected chi connectivity index (χ3v) is 0. The van der Waals surface area contributed by atoms with Crippen LogP contribution in [0.3, 0.4) is 0 Å². The van der Waals surface area contributed by atoms with Gasteiger partial charge in [-0.1, -0.05) is 0 Å². The van der Waals surface area contributed by atoms with Crippen molar-refractivity contribution in [3.63, 3.8) is 0 Å². The van der Waals surface area contributed by atoms with Crippen molar-refractivity contribution < 1.29 is 33.9 Å². The predicted octanol–water partition coefficient (Wildman–Crippen LogP) is 0.557. The van der Waals surface area contributed by atoms with Crippen LogP contribution >= 0.6 is 9.90 Å². The van der Waals surface area contributed by atoms with E-state index in [1.54, 1.807) is 0 Å². The number of hydrogen-bond donors (Lipinski definition) is 0. The molecule has 0 spiro atoms. The minimum Gasteiger partial charge on any atom is 0 e. The molecule has 0 aliphatic rings. The zero-order valence-corrected chi connectivity index (χ0v) is 6.33. The van der Waals surface area contributed by atoms with Crippen LogP contribution in [0.5, 0.6) is 0 Å². The summed E-state index contributed by atoms with van der Waals surface area (Å²) < 4.78 is 0. The number of rotatable bonds is 0. The third-order valence-electron chi connectivity index (χ3n) is 0. The van der Waals surface area contributed by atoms with Crippen molar-refractivity contribution >= 4 is 20.9 Å². The normalized spacial score (nSPS) is 0. The Kier molecular flexibility index (Phi) is 679. The van der Waals surface area contributed by atoms with Crippen molar-refractivity contribution in [2.24, 2.45) is 0 Å². The Morgan fingerprint density at radius 1 is 1.00 bits per heavy atom. The van der Waals surface area contributed by atoms with Gasteiger partial charge in [-0.3, -0.25) is 0 Å². The van der Waals surface area contributed by atoms with Gasteiger partial charge in [-0.15, -0.1) is 0 Å². The Labute approximate surface area is 62.2 Å². The Hall–Kier alpha value is 1.67. The first kappa shape index (κ1) is 76.7. The van der Waals surface area contributed by atoms with Crippen LogP contribution in [0, 0.1) is 7.43 Å². The summed E-state index contributed by atoms with van der Waals surface area (Å²) in [5.41, 5.74) is 0. The molecule has 0 aliphatic carbocycles. The summed E-state index contributed by atoms with van der Waals surface area (Å²) in [6.45, 7) is 0. The van der Waals surface area contributed by atoms with Crippen LogP contribution in [0.2, 0.25) is 0 Å². The molecule has 0 atom stereocenters. The molecule has 0 N–H and O–H groups in total. The molecule has 4 heteroatoms. The van der Waals surface area contributed by atoms with E-state index >= 15 is 0 Å². The molecule has 0 aliphatic heterocycles. The van der Waals surface area contributed by atoms with Crippen molar-refractivity contribution in [2.75, 3.05) is 0 Å². The summed E-state index contributed by atoms with van der Waals surface area (Å²) >= 11 is 0. The van der Waals surface area contributed by atoms with E-state index in [0.717, 1.165) is 0 Å².